The Kier molecular flexibility index (Phi) is 10.1. The molecular formula is C40H45F3N6O3. The Bertz CT molecular complexity index is 1890. The third-order valence-electron chi connectivity index (χ3n) is 10.2. The highest BCUT2D eigenvalue weighted by Crippen LogP contribution is 2.51. The number of hydrogen-bond donors (Lipinski definition) is 2. The van der Waals surface area contributed by atoms with Crippen LogP contribution < -0.4 is 15.4 Å². The van der Waals surface area contributed by atoms with Gasteiger partial charge in [-0.25, -0.2) is 18.2 Å². The third kappa shape index (κ3) is 8.33. The fourth-order valence-electron chi connectivity index (χ4n) is 7.71. The fraction of sp³-hybridized carbons (Fsp3) is 0.450. The number of anilines is 1. The van der Waals surface area contributed by atoms with Crippen molar-refractivity contribution in [2.24, 2.45) is 17.8 Å². The van der Waals surface area contributed by atoms with Gasteiger partial charge in [0.15, 0.2) is 0 Å². The molecular weight excluding hydrogens is 669 g/mol. The van der Waals surface area contributed by atoms with Crippen molar-refractivity contribution in [2.45, 2.75) is 83.5 Å². The largest absolute Gasteiger partial charge is 0.473 e. The highest BCUT2D eigenvalue weighted by atomic mass is 19.3. The first-order chi connectivity index (χ1) is 24.9. The van der Waals surface area contributed by atoms with Crippen LogP contribution in [0.25, 0.3) is 0 Å². The average molecular weight is 715 g/mol. The molecule has 1 aliphatic heterocycles. The van der Waals surface area contributed by atoms with Crippen LogP contribution in [-0.2, 0) is 17.9 Å². The molecule has 2 aliphatic carbocycles. The molecule has 274 valence electrons. The number of halogens is 3. The number of aromatic nitrogens is 3. The van der Waals surface area contributed by atoms with E-state index in [9.17, 15) is 22.8 Å². The van der Waals surface area contributed by atoms with Gasteiger partial charge in [-0.3, -0.25) is 19.2 Å². The van der Waals surface area contributed by atoms with Gasteiger partial charge in [0.25, 0.3) is 11.8 Å². The van der Waals surface area contributed by atoms with Gasteiger partial charge in [0.1, 0.15) is 24.2 Å². The van der Waals surface area contributed by atoms with E-state index in [0.717, 1.165) is 55.5 Å². The number of amides is 2. The minimum Gasteiger partial charge on any atom is -0.473 e. The van der Waals surface area contributed by atoms with Gasteiger partial charge in [-0.1, -0.05) is 36.4 Å². The summed E-state index contributed by atoms with van der Waals surface area (Å²) in [6.07, 6.45) is 6.76. The summed E-state index contributed by atoms with van der Waals surface area (Å²) in [6, 6.07) is 17.2. The average Bonchev–Trinajstić information content (AvgIpc) is 4.05. The number of alkyl halides is 2. The number of pyridine rings is 1. The van der Waals surface area contributed by atoms with Crippen LogP contribution in [0.2, 0.25) is 0 Å². The molecule has 3 aliphatic rings. The lowest BCUT2D eigenvalue weighted by Gasteiger charge is -2.36. The molecule has 0 radical (unpaired) electrons. The molecule has 4 aromatic rings. The molecule has 2 N–H and O–H groups in total. The quantitative estimate of drug-likeness (QED) is 0.142. The summed E-state index contributed by atoms with van der Waals surface area (Å²) in [5.41, 5.74) is 3.78. The number of nitrogens with zero attached hydrogens (tertiary/aromatic N) is 4. The van der Waals surface area contributed by atoms with Crippen molar-refractivity contribution in [3.05, 3.63) is 107 Å². The van der Waals surface area contributed by atoms with Crippen LogP contribution in [0.1, 0.15) is 91.2 Å². The van der Waals surface area contributed by atoms with Gasteiger partial charge < -0.3 is 15.4 Å². The van der Waals surface area contributed by atoms with Gasteiger partial charge in [-0.2, -0.15) is 5.10 Å². The van der Waals surface area contributed by atoms with Crippen LogP contribution in [0, 0.1) is 23.6 Å². The first-order valence-corrected chi connectivity index (χ1v) is 18.1. The van der Waals surface area contributed by atoms with Crippen molar-refractivity contribution in [1.29, 1.82) is 0 Å². The highest BCUT2D eigenvalue weighted by molar-refractivity contribution is 6.01. The third-order valence-corrected chi connectivity index (χ3v) is 10.2. The lowest BCUT2D eigenvalue weighted by molar-refractivity contribution is -0.119. The Hall–Kier alpha value is -4.71. The van der Waals surface area contributed by atoms with Gasteiger partial charge in [-0.05, 0) is 98.2 Å². The van der Waals surface area contributed by atoms with Crippen molar-refractivity contribution in [2.75, 3.05) is 18.4 Å². The summed E-state index contributed by atoms with van der Waals surface area (Å²) in [5.74, 6) is -3.76. The topological polar surface area (TPSA) is 101 Å². The second-order valence-electron chi connectivity index (χ2n) is 15.0. The Morgan fingerprint density at radius 3 is 2.40 bits per heavy atom. The standard InChI is InChI=1S/C40H45F3N6O3/c1-24(2)49-34(15-16-45-49)37(50)47-36(35(26-9-10-26)27-11-12-27)38(51)46-30-13-14-31-28(17-30)20-48(23-40(3,42)43)21-33(31)32-18-29(41)19-44-39(32)52-22-25-7-5-4-6-8-25/h4-8,13-19,24,26-27,33,35-36H,9-12,20-23H2,1-3H3,(H,46,51)(H,47,50)/t33?,36-/m0/s1. The summed E-state index contributed by atoms with van der Waals surface area (Å²) in [5, 5.41) is 10.4. The van der Waals surface area contributed by atoms with Gasteiger partial charge in [0.05, 0.1) is 12.7 Å². The number of hydrogen-bond acceptors (Lipinski definition) is 6. The van der Waals surface area contributed by atoms with E-state index in [0.29, 0.717) is 28.8 Å². The summed E-state index contributed by atoms with van der Waals surface area (Å²) < 4.78 is 51.4. The number of carbonyl (C=O) groups is 2. The van der Waals surface area contributed by atoms with E-state index in [2.05, 4.69) is 20.7 Å². The summed E-state index contributed by atoms with van der Waals surface area (Å²) in [7, 11) is 0. The molecule has 2 atom stereocenters. The Morgan fingerprint density at radius 1 is 1.00 bits per heavy atom. The van der Waals surface area contributed by atoms with Crippen LogP contribution in [0.3, 0.4) is 0 Å². The highest BCUT2D eigenvalue weighted by Gasteiger charge is 2.48. The number of nitrogens with one attached hydrogen (secondary N) is 2. The first kappa shape index (κ1) is 35.7. The maximum atomic E-state index is 14.8. The molecule has 2 saturated carbocycles. The molecule has 9 nitrogen and oxygen atoms in total. The number of rotatable bonds is 14. The second-order valence-corrected chi connectivity index (χ2v) is 15.0. The zero-order valence-electron chi connectivity index (χ0n) is 29.7. The van der Waals surface area contributed by atoms with Crippen LogP contribution in [0.15, 0.2) is 73.1 Å². The van der Waals surface area contributed by atoms with Crippen LogP contribution in [0.5, 0.6) is 5.88 Å². The van der Waals surface area contributed by atoms with Crippen molar-refractivity contribution >= 4 is 17.5 Å². The summed E-state index contributed by atoms with van der Waals surface area (Å²) in [6.45, 7) is 4.86. The Labute approximate surface area is 302 Å². The van der Waals surface area contributed by atoms with Crippen molar-refractivity contribution in [3.8, 4) is 5.88 Å². The van der Waals surface area contributed by atoms with Crippen molar-refractivity contribution in [3.63, 3.8) is 0 Å². The van der Waals surface area contributed by atoms with Gasteiger partial charge in [0, 0.05) is 49.4 Å². The molecule has 52 heavy (non-hydrogen) atoms. The monoisotopic (exact) mass is 714 g/mol. The maximum absolute atomic E-state index is 14.8. The molecule has 2 aromatic carbocycles. The number of carbonyl (C=O) groups excluding carboxylic acids is 2. The normalized spacial score (nSPS) is 18.3. The summed E-state index contributed by atoms with van der Waals surface area (Å²) >= 11 is 0. The van der Waals surface area contributed by atoms with Crippen molar-refractivity contribution in [1.82, 2.24) is 25.0 Å². The fourth-order valence-corrected chi connectivity index (χ4v) is 7.71. The van der Waals surface area contributed by atoms with E-state index in [1.54, 1.807) is 34.0 Å². The van der Waals surface area contributed by atoms with E-state index in [-0.39, 0.29) is 49.4 Å². The van der Waals surface area contributed by atoms with E-state index >= 15 is 0 Å². The number of fused-ring (bicyclic) bond motifs is 1. The zero-order chi connectivity index (χ0) is 36.6. The predicted octanol–water partition coefficient (Wildman–Crippen LogP) is 7.35. The molecule has 0 bridgehead atoms. The van der Waals surface area contributed by atoms with Crippen LogP contribution in [-0.4, -0.2) is 56.5 Å². The molecule has 2 aromatic heterocycles. The van der Waals surface area contributed by atoms with Gasteiger partial charge >= 0.3 is 0 Å². The molecule has 1 unspecified atom stereocenters. The lowest BCUT2D eigenvalue weighted by atomic mass is 9.84. The minimum absolute atomic E-state index is 0.0124. The van der Waals surface area contributed by atoms with Gasteiger partial charge in [0.2, 0.25) is 11.8 Å². The lowest BCUT2D eigenvalue weighted by Crippen LogP contribution is -2.50. The molecule has 3 heterocycles. The van der Waals surface area contributed by atoms with Crippen LogP contribution >= 0.6 is 0 Å². The van der Waals surface area contributed by atoms with E-state index < -0.39 is 30.2 Å². The maximum Gasteiger partial charge on any atom is 0.270 e. The zero-order valence-corrected chi connectivity index (χ0v) is 29.7. The van der Waals surface area contributed by atoms with E-state index in [1.165, 1.54) is 6.07 Å². The molecule has 0 saturated heterocycles. The van der Waals surface area contributed by atoms with E-state index in [1.807, 2.05) is 50.2 Å². The van der Waals surface area contributed by atoms with Gasteiger partial charge in [-0.15, -0.1) is 0 Å². The smallest absolute Gasteiger partial charge is 0.270 e. The molecule has 2 fully saturated rings. The minimum atomic E-state index is -2.97. The Balaban J connectivity index is 1.18. The van der Waals surface area contributed by atoms with E-state index in [4.69, 9.17) is 4.74 Å². The Morgan fingerprint density at radius 2 is 1.73 bits per heavy atom. The van der Waals surface area contributed by atoms with Crippen molar-refractivity contribution < 1.29 is 27.5 Å². The SMILES string of the molecule is CC(C)n1nccc1C(=O)N[C@H](C(=O)Nc1ccc2c(c1)CN(CC(C)(F)F)CC2c1cc(F)cnc1OCc1ccccc1)C(C1CC1)C1CC1. The first-order valence-electron chi connectivity index (χ1n) is 18.1. The number of benzene rings is 2. The molecule has 0 spiro atoms. The predicted molar refractivity (Wildman–Crippen MR) is 191 cm³/mol. The molecule has 2 amide bonds. The van der Waals surface area contributed by atoms with Crippen LogP contribution in [0.4, 0.5) is 18.9 Å². The summed E-state index contributed by atoms with van der Waals surface area (Å²) in [4.78, 5) is 33.7. The number of ether oxygens (including phenoxy) is 1. The second kappa shape index (κ2) is 14.7. The molecule has 12 heteroatoms. The molecule has 7 rings (SSSR count).